The second-order valence-electron chi connectivity index (χ2n) is 4.87. The smallest absolute Gasteiger partial charge is 0.221 e. The van der Waals surface area contributed by atoms with Gasteiger partial charge in [0.05, 0.1) is 6.42 Å². The summed E-state index contributed by atoms with van der Waals surface area (Å²) >= 11 is 3.37. The van der Waals surface area contributed by atoms with E-state index in [-0.39, 0.29) is 24.2 Å². The summed E-state index contributed by atoms with van der Waals surface area (Å²) < 4.78 is 13.8. The molecule has 0 heterocycles. The lowest BCUT2D eigenvalue weighted by molar-refractivity contribution is -0.117. The van der Waals surface area contributed by atoms with E-state index in [1.807, 2.05) is 31.2 Å². The number of halogens is 2. The molecule has 1 atom stereocenters. The monoisotopic (exact) mass is 350 g/mol. The van der Waals surface area contributed by atoms with Gasteiger partial charge in [-0.15, -0.1) is 0 Å². The highest BCUT2D eigenvalue weighted by atomic mass is 79.9. The highest BCUT2D eigenvalue weighted by Crippen LogP contribution is 2.27. The number of nitrogens with one attached hydrogen (secondary N) is 1. The fraction of sp³-hybridized carbons (Fsp3) is 0.188. The van der Waals surface area contributed by atoms with Crippen LogP contribution in [0.3, 0.4) is 0 Å². The summed E-state index contributed by atoms with van der Waals surface area (Å²) in [5.41, 5.74) is 7.93. The molecule has 0 saturated heterocycles. The fourth-order valence-electron chi connectivity index (χ4n) is 2.10. The maximum absolute atomic E-state index is 13.1. The molecule has 1 amide bonds. The lowest BCUT2D eigenvalue weighted by Crippen LogP contribution is -2.13. The number of hydrogen-bond acceptors (Lipinski definition) is 2. The van der Waals surface area contributed by atoms with Crippen molar-refractivity contribution < 1.29 is 9.18 Å². The number of rotatable bonds is 5. The molecule has 21 heavy (non-hydrogen) atoms. The summed E-state index contributed by atoms with van der Waals surface area (Å²) in [6, 6.07) is 12.2. The number of anilines is 1. The van der Waals surface area contributed by atoms with E-state index in [4.69, 9.17) is 5.73 Å². The lowest BCUT2D eigenvalue weighted by atomic mass is 10.1. The molecule has 0 aliphatic heterocycles. The third-order valence-electron chi connectivity index (χ3n) is 3.14. The molecule has 0 radical (unpaired) electrons. The average Bonchev–Trinajstić information content (AvgIpc) is 2.40. The molecule has 110 valence electrons. The van der Waals surface area contributed by atoms with Crippen LogP contribution in [0, 0.1) is 5.82 Å². The first-order valence-corrected chi connectivity index (χ1v) is 7.33. The number of amides is 1. The van der Waals surface area contributed by atoms with Crippen LogP contribution >= 0.6 is 15.9 Å². The third-order valence-corrected chi connectivity index (χ3v) is 3.83. The summed E-state index contributed by atoms with van der Waals surface area (Å²) in [5.74, 6) is -0.618. The van der Waals surface area contributed by atoms with Crippen molar-refractivity contribution in [2.45, 2.75) is 19.4 Å². The van der Waals surface area contributed by atoms with E-state index in [1.54, 1.807) is 6.07 Å². The maximum Gasteiger partial charge on any atom is 0.221 e. The first kappa shape index (κ1) is 15.5. The Hall–Kier alpha value is -1.88. The van der Waals surface area contributed by atoms with Crippen molar-refractivity contribution in [2.75, 3.05) is 5.32 Å². The Bertz CT molecular complexity index is 643. The molecule has 0 saturated carbocycles. The summed E-state index contributed by atoms with van der Waals surface area (Å²) in [4.78, 5) is 10.9. The van der Waals surface area contributed by atoms with Crippen LogP contribution in [0.5, 0.6) is 0 Å². The Labute approximate surface area is 131 Å². The first-order chi connectivity index (χ1) is 9.95. The predicted molar refractivity (Wildman–Crippen MR) is 85.5 cm³/mol. The van der Waals surface area contributed by atoms with E-state index in [1.165, 1.54) is 12.1 Å². The van der Waals surface area contributed by atoms with Gasteiger partial charge in [-0.05, 0) is 42.3 Å². The standard InChI is InChI=1S/C16H16BrFN2O/c1-10(14-7-4-12(18)9-15(14)17)20-13-5-2-11(3-6-13)8-16(19)21/h2-7,9-10,20H,8H2,1H3,(H2,19,21). The van der Waals surface area contributed by atoms with E-state index in [0.29, 0.717) is 0 Å². The summed E-state index contributed by atoms with van der Waals surface area (Å²) in [6.45, 7) is 2.00. The molecule has 3 N–H and O–H groups in total. The SMILES string of the molecule is CC(Nc1ccc(CC(N)=O)cc1)c1ccc(F)cc1Br. The van der Waals surface area contributed by atoms with E-state index in [2.05, 4.69) is 21.2 Å². The molecule has 0 spiro atoms. The normalized spacial score (nSPS) is 12.0. The second-order valence-corrected chi connectivity index (χ2v) is 5.73. The van der Waals surface area contributed by atoms with Gasteiger partial charge in [0.2, 0.25) is 5.91 Å². The predicted octanol–water partition coefficient (Wildman–Crippen LogP) is 3.79. The van der Waals surface area contributed by atoms with Crippen molar-refractivity contribution in [1.29, 1.82) is 0 Å². The Balaban J connectivity index is 2.08. The van der Waals surface area contributed by atoms with Crippen LogP contribution in [0.15, 0.2) is 46.9 Å². The molecular weight excluding hydrogens is 335 g/mol. The first-order valence-electron chi connectivity index (χ1n) is 6.54. The number of primary amides is 1. The van der Waals surface area contributed by atoms with Gasteiger partial charge in [0.15, 0.2) is 0 Å². The molecule has 0 fully saturated rings. The van der Waals surface area contributed by atoms with Crippen molar-refractivity contribution in [1.82, 2.24) is 0 Å². The highest BCUT2D eigenvalue weighted by molar-refractivity contribution is 9.10. The van der Waals surface area contributed by atoms with E-state index < -0.39 is 0 Å². The maximum atomic E-state index is 13.1. The van der Waals surface area contributed by atoms with Crippen molar-refractivity contribution in [3.8, 4) is 0 Å². The molecule has 5 heteroatoms. The van der Waals surface area contributed by atoms with Crippen LogP contribution < -0.4 is 11.1 Å². The Morgan fingerprint density at radius 1 is 1.29 bits per heavy atom. The molecule has 0 aromatic heterocycles. The van der Waals surface area contributed by atoms with Crippen LogP contribution in [0.1, 0.15) is 24.1 Å². The van der Waals surface area contributed by atoms with Gasteiger partial charge >= 0.3 is 0 Å². The van der Waals surface area contributed by atoms with Crippen LogP contribution in [0.25, 0.3) is 0 Å². The van der Waals surface area contributed by atoms with E-state index in [9.17, 15) is 9.18 Å². The zero-order valence-corrected chi connectivity index (χ0v) is 13.2. The number of carbonyl (C=O) groups is 1. The van der Waals surface area contributed by atoms with Gasteiger partial charge in [-0.25, -0.2) is 4.39 Å². The van der Waals surface area contributed by atoms with Gasteiger partial charge in [-0.1, -0.05) is 34.1 Å². The quantitative estimate of drug-likeness (QED) is 0.861. The largest absolute Gasteiger partial charge is 0.378 e. The van der Waals surface area contributed by atoms with Crippen molar-refractivity contribution in [2.24, 2.45) is 5.73 Å². The molecule has 0 bridgehead atoms. The number of hydrogen-bond donors (Lipinski definition) is 2. The molecular formula is C16H16BrFN2O. The Morgan fingerprint density at radius 3 is 2.52 bits per heavy atom. The topological polar surface area (TPSA) is 55.1 Å². The van der Waals surface area contributed by atoms with Gasteiger partial charge < -0.3 is 11.1 Å². The van der Waals surface area contributed by atoms with Gasteiger partial charge in [-0.2, -0.15) is 0 Å². The summed E-state index contributed by atoms with van der Waals surface area (Å²) in [5, 5.41) is 3.33. The van der Waals surface area contributed by atoms with Crippen molar-refractivity contribution in [3.05, 3.63) is 63.9 Å². The van der Waals surface area contributed by atoms with Gasteiger partial charge in [0.25, 0.3) is 0 Å². The minimum Gasteiger partial charge on any atom is -0.378 e. The number of nitrogens with two attached hydrogens (primary N) is 1. The second kappa shape index (κ2) is 6.72. The minimum absolute atomic E-state index is 0.0157. The fourth-order valence-corrected chi connectivity index (χ4v) is 2.79. The zero-order valence-electron chi connectivity index (χ0n) is 11.6. The molecule has 2 rings (SSSR count). The molecule has 3 nitrogen and oxygen atoms in total. The van der Waals surface area contributed by atoms with Crippen LogP contribution in [0.2, 0.25) is 0 Å². The average molecular weight is 351 g/mol. The number of carbonyl (C=O) groups excluding carboxylic acids is 1. The van der Waals surface area contributed by atoms with E-state index in [0.717, 1.165) is 21.3 Å². The Morgan fingerprint density at radius 2 is 1.95 bits per heavy atom. The molecule has 2 aromatic rings. The van der Waals surface area contributed by atoms with Crippen molar-refractivity contribution >= 4 is 27.5 Å². The summed E-state index contributed by atoms with van der Waals surface area (Å²) in [7, 11) is 0. The zero-order chi connectivity index (χ0) is 15.4. The Kier molecular flexibility index (Phi) is 4.96. The third kappa shape index (κ3) is 4.29. The summed E-state index contributed by atoms with van der Waals surface area (Å²) in [6.07, 6.45) is 0.235. The van der Waals surface area contributed by atoms with Gasteiger partial charge in [0.1, 0.15) is 5.82 Å². The van der Waals surface area contributed by atoms with E-state index >= 15 is 0 Å². The molecule has 0 aliphatic carbocycles. The molecule has 2 aromatic carbocycles. The molecule has 0 aliphatic rings. The van der Waals surface area contributed by atoms with Gasteiger partial charge in [0, 0.05) is 16.2 Å². The highest BCUT2D eigenvalue weighted by Gasteiger charge is 2.10. The lowest BCUT2D eigenvalue weighted by Gasteiger charge is -2.17. The van der Waals surface area contributed by atoms with Crippen LogP contribution in [-0.2, 0) is 11.2 Å². The van der Waals surface area contributed by atoms with Crippen molar-refractivity contribution in [3.63, 3.8) is 0 Å². The van der Waals surface area contributed by atoms with Gasteiger partial charge in [-0.3, -0.25) is 4.79 Å². The number of benzene rings is 2. The van der Waals surface area contributed by atoms with Crippen LogP contribution in [0.4, 0.5) is 10.1 Å². The van der Waals surface area contributed by atoms with Crippen LogP contribution in [-0.4, -0.2) is 5.91 Å². The minimum atomic E-state index is -0.348. The molecule has 1 unspecified atom stereocenters.